The van der Waals surface area contributed by atoms with Crippen molar-refractivity contribution in [2.75, 3.05) is 7.11 Å². The van der Waals surface area contributed by atoms with E-state index in [2.05, 4.69) is 10.4 Å². The van der Waals surface area contributed by atoms with E-state index >= 15 is 0 Å². The molecule has 0 aromatic carbocycles. The van der Waals surface area contributed by atoms with E-state index < -0.39 is 12.0 Å². The van der Waals surface area contributed by atoms with Crippen molar-refractivity contribution in [3.05, 3.63) is 11.3 Å². The molecule has 1 fully saturated rings. The number of carboxylic acids is 1. The first-order chi connectivity index (χ1) is 9.54. The second-order valence-electron chi connectivity index (χ2n) is 5.40. The third-order valence-corrected chi connectivity index (χ3v) is 3.95. The van der Waals surface area contributed by atoms with Gasteiger partial charge in [-0.25, -0.2) is 4.68 Å². The molecular formula is C14H23N3O3. The maximum Gasteiger partial charge on any atom is 0.325 e. The molecule has 2 rings (SSSR count). The first kappa shape index (κ1) is 14.8. The van der Waals surface area contributed by atoms with E-state index in [0.717, 1.165) is 25.7 Å². The second-order valence-corrected chi connectivity index (χ2v) is 5.40. The van der Waals surface area contributed by atoms with Gasteiger partial charge in [0.15, 0.2) is 0 Å². The molecule has 0 amide bonds. The first-order valence-electron chi connectivity index (χ1n) is 7.11. The van der Waals surface area contributed by atoms with Crippen LogP contribution in [0, 0.1) is 6.92 Å². The third-order valence-electron chi connectivity index (χ3n) is 3.95. The van der Waals surface area contributed by atoms with Crippen LogP contribution in [0.25, 0.3) is 0 Å². The fourth-order valence-electron chi connectivity index (χ4n) is 3.01. The van der Waals surface area contributed by atoms with Gasteiger partial charge < -0.3 is 9.84 Å². The number of carbonyl (C=O) groups is 1. The third kappa shape index (κ3) is 2.95. The highest BCUT2D eigenvalue weighted by Gasteiger charge is 2.31. The Kier molecular flexibility index (Phi) is 4.65. The van der Waals surface area contributed by atoms with Crippen LogP contribution in [0.4, 0.5) is 0 Å². The summed E-state index contributed by atoms with van der Waals surface area (Å²) in [6, 6.07) is -0.504. The van der Waals surface area contributed by atoms with E-state index in [0.29, 0.717) is 17.1 Å². The van der Waals surface area contributed by atoms with Crippen molar-refractivity contribution in [1.82, 2.24) is 15.1 Å². The minimum Gasteiger partial charge on any atom is -0.481 e. The SMILES string of the molecule is COc1c(C(NC2CCCCC2)C(=O)O)c(C)nn1C. The highest BCUT2D eigenvalue weighted by atomic mass is 16.5. The van der Waals surface area contributed by atoms with E-state index in [9.17, 15) is 9.90 Å². The summed E-state index contributed by atoms with van der Waals surface area (Å²) in [5.41, 5.74) is 1.33. The van der Waals surface area contributed by atoms with Crippen molar-refractivity contribution < 1.29 is 14.6 Å². The first-order valence-corrected chi connectivity index (χ1v) is 7.11. The molecule has 0 bridgehead atoms. The standard InChI is InChI=1S/C14H23N3O3/c1-9-11(13(20-3)17(2)16-9)12(14(18)19)15-10-7-5-4-6-8-10/h10,12,15H,4-8H2,1-3H3,(H,18,19). The van der Waals surface area contributed by atoms with Crippen LogP contribution in [0.3, 0.4) is 0 Å². The maximum atomic E-state index is 11.6. The molecule has 0 spiro atoms. The lowest BCUT2D eigenvalue weighted by molar-refractivity contribution is -0.140. The topological polar surface area (TPSA) is 76.4 Å². The van der Waals surface area contributed by atoms with Crippen molar-refractivity contribution in [1.29, 1.82) is 0 Å². The summed E-state index contributed by atoms with van der Waals surface area (Å²) >= 11 is 0. The summed E-state index contributed by atoms with van der Waals surface area (Å²) in [5.74, 6) is -0.372. The number of nitrogens with zero attached hydrogens (tertiary/aromatic N) is 2. The summed E-state index contributed by atoms with van der Waals surface area (Å²) < 4.78 is 6.90. The zero-order chi connectivity index (χ0) is 14.7. The zero-order valence-corrected chi connectivity index (χ0v) is 12.3. The largest absolute Gasteiger partial charge is 0.481 e. The van der Waals surface area contributed by atoms with E-state index in [1.807, 2.05) is 6.92 Å². The quantitative estimate of drug-likeness (QED) is 0.860. The number of aromatic nitrogens is 2. The van der Waals surface area contributed by atoms with Gasteiger partial charge in [-0.15, -0.1) is 0 Å². The van der Waals surface area contributed by atoms with Gasteiger partial charge in [0.1, 0.15) is 6.04 Å². The fraction of sp³-hybridized carbons (Fsp3) is 0.714. The molecule has 0 saturated heterocycles. The monoisotopic (exact) mass is 281 g/mol. The number of aryl methyl sites for hydroxylation is 2. The number of methoxy groups -OCH3 is 1. The Bertz CT molecular complexity index is 478. The molecule has 1 aromatic heterocycles. The lowest BCUT2D eigenvalue weighted by atomic mass is 9.94. The molecule has 1 heterocycles. The van der Waals surface area contributed by atoms with Gasteiger partial charge in [-0.2, -0.15) is 5.10 Å². The van der Waals surface area contributed by atoms with Crippen LogP contribution >= 0.6 is 0 Å². The normalized spacial score (nSPS) is 17.9. The van der Waals surface area contributed by atoms with E-state index in [-0.39, 0.29) is 6.04 Å². The second kappa shape index (κ2) is 6.26. The molecule has 1 aliphatic rings. The van der Waals surface area contributed by atoms with E-state index in [4.69, 9.17) is 4.74 Å². The van der Waals surface area contributed by atoms with Crippen LogP contribution in [0.15, 0.2) is 0 Å². The molecule has 112 valence electrons. The fourth-order valence-corrected chi connectivity index (χ4v) is 3.01. The van der Waals surface area contributed by atoms with Crippen LogP contribution in [-0.2, 0) is 11.8 Å². The summed E-state index contributed by atoms with van der Waals surface area (Å²) in [4.78, 5) is 11.6. The van der Waals surface area contributed by atoms with Gasteiger partial charge in [0.2, 0.25) is 5.88 Å². The number of hydrogen-bond acceptors (Lipinski definition) is 4. The number of nitrogens with one attached hydrogen (secondary N) is 1. The summed E-state index contributed by atoms with van der Waals surface area (Å²) in [7, 11) is 3.30. The van der Waals surface area contributed by atoms with Crippen LogP contribution in [0.5, 0.6) is 5.88 Å². The van der Waals surface area contributed by atoms with Gasteiger partial charge in [0.05, 0.1) is 18.4 Å². The molecule has 6 nitrogen and oxygen atoms in total. The van der Waals surface area contributed by atoms with Crippen molar-refractivity contribution >= 4 is 5.97 Å². The Morgan fingerprint density at radius 2 is 2.10 bits per heavy atom. The van der Waals surface area contributed by atoms with Crippen LogP contribution in [0.1, 0.15) is 49.4 Å². The molecule has 20 heavy (non-hydrogen) atoms. The number of carboxylic acid groups (broad SMARTS) is 1. The van der Waals surface area contributed by atoms with Crippen molar-refractivity contribution in [3.63, 3.8) is 0 Å². The predicted octanol–water partition coefficient (Wildman–Crippen LogP) is 1.79. The number of ether oxygens (including phenoxy) is 1. The highest BCUT2D eigenvalue weighted by Crippen LogP contribution is 2.30. The molecule has 1 unspecified atom stereocenters. The molecule has 1 atom stereocenters. The number of hydrogen-bond donors (Lipinski definition) is 2. The lowest BCUT2D eigenvalue weighted by Gasteiger charge is -2.26. The van der Waals surface area contributed by atoms with E-state index in [1.165, 1.54) is 6.42 Å². The van der Waals surface area contributed by atoms with Gasteiger partial charge in [-0.1, -0.05) is 19.3 Å². The van der Waals surface area contributed by atoms with Crippen molar-refractivity contribution in [2.45, 2.75) is 51.1 Å². The lowest BCUT2D eigenvalue weighted by Crippen LogP contribution is -2.38. The average Bonchev–Trinajstić information content (AvgIpc) is 2.70. The molecule has 0 radical (unpaired) electrons. The smallest absolute Gasteiger partial charge is 0.325 e. The van der Waals surface area contributed by atoms with Crippen molar-refractivity contribution in [3.8, 4) is 5.88 Å². The van der Waals surface area contributed by atoms with Crippen molar-refractivity contribution in [2.24, 2.45) is 7.05 Å². The van der Waals surface area contributed by atoms with Gasteiger partial charge in [0, 0.05) is 13.1 Å². The summed E-state index contributed by atoms with van der Waals surface area (Å²) in [6.45, 7) is 1.82. The Morgan fingerprint density at radius 3 is 2.65 bits per heavy atom. The molecule has 6 heteroatoms. The Hall–Kier alpha value is -1.56. The number of aliphatic carboxylic acids is 1. The Morgan fingerprint density at radius 1 is 1.45 bits per heavy atom. The van der Waals surface area contributed by atoms with E-state index in [1.54, 1.807) is 18.8 Å². The molecular weight excluding hydrogens is 258 g/mol. The molecule has 0 aliphatic heterocycles. The molecule has 2 N–H and O–H groups in total. The molecule has 1 aliphatic carbocycles. The number of rotatable bonds is 5. The van der Waals surface area contributed by atoms with Gasteiger partial charge in [-0.05, 0) is 19.8 Å². The zero-order valence-electron chi connectivity index (χ0n) is 12.3. The maximum absolute atomic E-state index is 11.6. The van der Waals surface area contributed by atoms with Gasteiger partial charge in [-0.3, -0.25) is 10.1 Å². The van der Waals surface area contributed by atoms with Crippen LogP contribution < -0.4 is 10.1 Å². The summed E-state index contributed by atoms with van der Waals surface area (Å²) in [5, 5.41) is 17.1. The minimum atomic E-state index is -0.884. The average molecular weight is 281 g/mol. The molecule has 1 aromatic rings. The van der Waals surface area contributed by atoms with Gasteiger partial charge >= 0.3 is 5.97 Å². The Balaban J connectivity index is 2.26. The molecule has 1 saturated carbocycles. The van der Waals surface area contributed by atoms with Crippen LogP contribution in [0.2, 0.25) is 0 Å². The van der Waals surface area contributed by atoms with Gasteiger partial charge in [0.25, 0.3) is 0 Å². The predicted molar refractivity (Wildman–Crippen MR) is 74.9 cm³/mol. The minimum absolute atomic E-state index is 0.258. The summed E-state index contributed by atoms with van der Waals surface area (Å²) in [6.07, 6.45) is 5.63. The Labute approximate surface area is 119 Å². The highest BCUT2D eigenvalue weighted by molar-refractivity contribution is 5.77. The van der Waals surface area contributed by atoms with Crippen LogP contribution in [-0.4, -0.2) is 34.0 Å².